The minimum atomic E-state index is -1.59. The standard InChI is InChI=1S/C14H24OSi/c1-6-14(3,15)12(2)16(4,5)13-10-8-7-9-11-13/h7-12,15H,6H2,1-5H3. The van der Waals surface area contributed by atoms with Gasteiger partial charge < -0.3 is 5.11 Å². The van der Waals surface area contributed by atoms with E-state index in [2.05, 4.69) is 57.3 Å². The zero-order valence-electron chi connectivity index (χ0n) is 11.1. The van der Waals surface area contributed by atoms with Crippen molar-refractivity contribution in [3.05, 3.63) is 30.3 Å². The molecule has 0 aromatic heterocycles. The summed E-state index contributed by atoms with van der Waals surface area (Å²) in [6.07, 6.45) is 0.817. The van der Waals surface area contributed by atoms with Crippen LogP contribution in [0.2, 0.25) is 18.6 Å². The van der Waals surface area contributed by atoms with E-state index in [1.165, 1.54) is 5.19 Å². The van der Waals surface area contributed by atoms with Crippen LogP contribution in [0.4, 0.5) is 0 Å². The minimum absolute atomic E-state index is 0.354. The van der Waals surface area contributed by atoms with Gasteiger partial charge in [0, 0.05) is 0 Å². The van der Waals surface area contributed by atoms with Crippen LogP contribution in [0, 0.1) is 0 Å². The van der Waals surface area contributed by atoms with E-state index >= 15 is 0 Å². The van der Waals surface area contributed by atoms with Gasteiger partial charge in [0.1, 0.15) is 0 Å². The second kappa shape index (κ2) is 4.72. The van der Waals surface area contributed by atoms with Crippen molar-refractivity contribution in [1.29, 1.82) is 0 Å². The highest BCUT2D eigenvalue weighted by Gasteiger charge is 2.40. The van der Waals surface area contributed by atoms with Crippen LogP contribution in [-0.2, 0) is 0 Å². The summed E-state index contributed by atoms with van der Waals surface area (Å²) in [7, 11) is -1.59. The third-order valence-corrected chi connectivity index (χ3v) is 8.86. The van der Waals surface area contributed by atoms with Gasteiger partial charge in [-0.3, -0.25) is 0 Å². The summed E-state index contributed by atoms with van der Waals surface area (Å²) in [5.41, 5.74) is -0.196. The first-order valence-corrected chi connectivity index (χ1v) is 9.18. The highest BCUT2D eigenvalue weighted by molar-refractivity contribution is 6.91. The normalized spacial score (nSPS) is 17.9. The molecule has 1 aromatic carbocycles. The second-order valence-electron chi connectivity index (χ2n) is 5.52. The molecular formula is C14H24OSi. The predicted molar refractivity (Wildman–Crippen MR) is 73.9 cm³/mol. The second-order valence-corrected chi connectivity index (χ2v) is 10.4. The molecule has 0 aliphatic rings. The summed E-state index contributed by atoms with van der Waals surface area (Å²) in [5.74, 6) is 0. The Labute approximate surface area is 101 Å². The molecule has 2 heteroatoms. The minimum Gasteiger partial charge on any atom is -0.390 e. The average Bonchev–Trinajstić information content (AvgIpc) is 2.29. The SMILES string of the molecule is CCC(C)(O)C(C)[Si](C)(C)c1ccccc1. The van der Waals surface area contributed by atoms with E-state index in [0.29, 0.717) is 5.54 Å². The fourth-order valence-electron chi connectivity index (χ4n) is 2.20. The van der Waals surface area contributed by atoms with E-state index in [9.17, 15) is 5.11 Å². The van der Waals surface area contributed by atoms with Crippen LogP contribution < -0.4 is 5.19 Å². The Bertz CT molecular complexity index is 330. The summed E-state index contributed by atoms with van der Waals surface area (Å²) < 4.78 is 0. The molecule has 0 fully saturated rings. The molecule has 0 bridgehead atoms. The molecule has 1 N–H and O–H groups in total. The van der Waals surface area contributed by atoms with Crippen LogP contribution in [-0.4, -0.2) is 18.8 Å². The molecule has 1 nitrogen and oxygen atoms in total. The van der Waals surface area contributed by atoms with Gasteiger partial charge in [0.05, 0.1) is 13.7 Å². The summed E-state index contributed by atoms with van der Waals surface area (Å²) >= 11 is 0. The fourth-order valence-corrected chi connectivity index (χ4v) is 5.51. The molecule has 0 saturated heterocycles. The Kier molecular flexibility index (Phi) is 3.97. The average molecular weight is 236 g/mol. The topological polar surface area (TPSA) is 20.2 Å². The molecule has 0 amide bonds. The fraction of sp³-hybridized carbons (Fsp3) is 0.571. The quantitative estimate of drug-likeness (QED) is 0.796. The Hall–Kier alpha value is -0.603. The van der Waals surface area contributed by atoms with Gasteiger partial charge in [-0.15, -0.1) is 0 Å². The Balaban J connectivity index is 3.03. The number of hydrogen-bond donors (Lipinski definition) is 1. The van der Waals surface area contributed by atoms with Crippen LogP contribution in [0.15, 0.2) is 30.3 Å². The Morgan fingerprint density at radius 3 is 2.19 bits per heavy atom. The molecule has 90 valence electrons. The van der Waals surface area contributed by atoms with Crippen LogP contribution in [0.25, 0.3) is 0 Å². The first-order chi connectivity index (χ1) is 7.32. The molecular weight excluding hydrogens is 212 g/mol. The summed E-state index contributed by atoms with van der Waals surface area (Å²) in [5, 5.41) is 11.9. The lowest BCUT2D eigenvalue weighted by Gasteiger charge is -2.40. The van der Waals surface area contributed by atoms with Crippen molar-refractivity contribution in [2.75, 3.05) is 0 Å². The van der Waals surface area contributed by atoms with Gasteiger partial charge in [0.15, 0.2) is 0 Å². The third-order valence-electron chi connectivity index (χ3n) is 4.25. The maximum absolute atomic E-state index is 10.4. The largest absolute Gasteiger partial charge is 0.390 e. The van der Waals surface area contributed by atoms with E-state index in [4.69, 9.17) is 0 Å². The molecule has 2 unspecified atom stereocenters. The lowest BCUT2D eigenvalue weighted by molar-refractivity contribution is 0.0504. The van der Waals surface area contributed by atoms with Crippen molar-refractivity contribution < 1.29 is 5.11 Å². The number of aliphatic hydroxyl groups is 1. The van der Waals surface area contributed by atoms with Gasteiger partial charge in [0.25, 0.3) is 0 Å². The number of rotatable bonds is 4. The molecule has 0 aliphatic carbocycles. The van der Waals surface area contributed by atoms with E-state index in [-0.39, 0.29) is 0 Å². The van der Waals surface area contributed by atoms with Crippen molar-refractivity contribution in [2.45, 2.75) is 51.4 Å². The molecule has 0 heterocycles. The summed E-state index contributed by atoms with van der Waals surface area (Å²) in [6, 6.07) is 10.6. The van der Waals surface area contributed by atoms with Crippen LogP contribution in [0.5, 0.6) is 0 Å². The third kappa shape index (κ3) is 2.55. The van der Waals surface area contributed by atoms with Crippen molar-refractivity contribution in [2.24, 2.45) is 0 Å². The zero-order valence-corrected chi connectivity index (χ0v) is 12.1. The molecule has 0 aliphatic heterocycles. The molecule has 1 aromatic rings. The van der Waals surface area contributed by atoms with Gasteiger partial charge in [-0.25, -0.2) is 0 Å². The number of benzene rings is 1. The van der Waals surface area contributed by atoms with Crippen LogP contribution >= 0.6 is 0 Å². The van der Waals surface area contributed by atoms with E-state index in [1.54, 1.807) is 0 Å². The lowest BCUT2D eigenvalue weighted by atomic mass is 10.0. The van der Waals surface area contributed by atoms with Gasteiger partial charge in [-0.2, -0.15) is 0 Å². The van der Waals surface area contributed by atoms with Crippen molar-refractivity contribution in [3.63, 3.8) is 0 Å². The van der Waals surface area contributed by atoms with Crippen molar-refractivity contribution >= 4 is 13.3 Å². The van der Waals surface area contributed by atoms with E-state index in [1.807, 2.05) is 6.92 Å². The summed E-state index contributed by atoms with van der Waals surface area (Å²) in [4.78, 5) is 0. The van der Waals surface area contributed by atoms with Crippen LogP contribution in [0.1, 0.15) is 27.2 Å². The monoisotopic (exact) mass is 236 g/mol. The molecule has 0 spiro atoms. The van der Waals surface area contributed by atoms with Gasteiger partial charge in [-0.05, 0) is 18.9 Å². The van der Waals surface area contributed by atoms with Gasteiger partial charge >= 0.3 is 0 Å². The lowest BCUT2D eigenvalue weighted by Crippen LogP contribution is -2.52. The first kappa shape index (κ1) is 13.5. The highest BCUT2D eigenvalue weighted by atomic mass is 28.3. The number of hydrogen-bond acceptors (Lipinski definition) is 1. The smallest absolute Gasteiger partial charge is 0.0862 e. The molecule has 16 heavy (non-hydrogen) atoms. The molecule has 0 saturated carbocycles. The molecule has 1 rings (SSSR count). The zero-order chi connectivity index (χ0) is 12.4. The maximum atomic E-state index is 10.4. The first-order valence-electron chi connectivity index (χ1n) is 6.10. The molecule has 0 radical (unpaired) electrons. The van der Waals surface area contributed by atoms with Gasteiger partial charge in [0.2, 0.25) is 0 Å². The van der Waals surface area contributed by atoms with Crippen LogP contribution in [0.3, 0.4) is 0 Å². The van der Waals surface area contributed by atoms with Crippen molar-refractivity contribution in [3.8, 4) is 0 Å². The van der Waals surface area contributed by atoms with Crippen molar-refractivity contribution in [1.82, 2.24) is 0 Å². The van der Waals surface area contributed by atoms with E-state index in [0.717, 1.165) is 6.42 Å². The maximum Gasteiger partial charge on any atom is 0.0862 e. The van der Waals surface area contributed by atoms with Gasteiger partial charge in [-0.1, -0.05) is 62.5 Å². The molecule has 2 atom stereocenters. The summed E-state index contributed by atoms with van der Waals surface area (Å²) in [6.45, 7) is 10.9. The Morgan fingerprint density at radius 1 is 1.25 bits per heavy atom. The highest BCUT2D eigenvalue weighted by Crippen LogP contribution is 2.34. The predicted octanol–water partition coefficient (Wildman–Crippen LogP) is 3.15. The van der Waals surface area contributed by atoms with E-state index < -0.39 is 13.7 Å². The Morgan fingerprint density at radius 2 is 1.75 bits per heavy atom.